The normalized spacial score (nSPS) is 11.7. The Hall–Kier alpha value is -2.89. The Bertz CT molecular complexity index is 669. The molecular weight excluding hydrogens is 274 g/mol. The summed E-state index contributed by atoms with van der Waals surface area (Å²) in [4.78, 5) is 21.5. The lowest BCUT2D eigenvalue weighted by molar-refractivity contribution is -0.386. The first kappa shape index (κ1) is 14.5. The summed E-state index contributed by atoms with van der Waals surface area (Å²) in [7, 11) is 0. The number of nitro benzene ring substituents is 1. The van der Waals surface area contributed by atoms with Gasteiger partial charge in [0.1, 0.15) is 11.7 Å². The van der Waals surface area contributed by atoms with Gasteiger partial charge in [0.2, 0.25) is 0 Å². The van der Waals surface area contributed by atoms with Gasteiger partial charge in [0, 0.05) is 0 Å². The zero-order valence-electron chi connectivity index (χ0n) is 11.2. The predicted molar refractivity (Wildman–Crippen MR) is 75.5 cm³/mol. The zero-order valence-corrected chi connectivity index (χ0v) is 11.2. The second-order valence-corrected chi connectivity index (χ2v) is 4.39. The van der Waals surface area contributed by atoms with Crippen LogP contribution < -0.4 is 4.74 Å². The SMILES string of the molecule is CC(Oc1cccc(C(=O)O)c1[N+](=O)[O-])c1ccccc1. The maximum Gasteiger partial charge on any atom is 0.342 e. The van der Waals surface area contributed by atoms with Gasteiger partial charge in [-0.2, -0.15) is 0 Å². The minimum atomic E-state index is -1.36. The van der Waals surface area contributed by atoms with Crippen molar-refractivity contribution in [3.05, 3.63) is 69.8 Å². The molecule has 6 nitrogen and oxygen atoms in total. The minimum absolute atomic E-state index is 0.0590. The fraction of sp³-hybridized carbons (Fsp3) is 0.133. The van der Waals surface area contributed by atoms with Crippen molar-refractivity contribution < 1.29 is 19.6 Å². The number of carboxylic acid groups (broad SMARTS) is 1. The van der Waals surface area contributed by atoms with Crippen molar-refractivity contribution in [2.45, 2.75) is 13.0 Å². The number of para-hydroxylation sites is 1. The van der Waals surface area contributed by atoms with Crippen LogP contribution >= 0.6 is 0 Å². The predicted octanol–water partition coefficient (Wildman–Crippen LogP) is 3.43. The second-order valence-electron chi connectivity index (χ2n) is 4.39. The Morgan fingerprint density at radius 3 is 2.43 bits per heavy atom. The number of aromatic carboxylic acids is 1. The van der Waals surface area contributed by atoms with Gasteiger partial charge in [0.15, 0.2) is 5.75 Å². The van der Waals surface area contributed by atoms with E-state index in [9.17, 15) is 14.9 Å². The molecule has 1 atom stereocenters. The van der Waals surface area contributed by atoms with E-state index in [4.69, 9.17) is 9.84 Å². The van der Waals surface area contributed by atoms with Crippen LogP contribution in [-0.2, 0) is 0 Å². The first-order chi connectivity index (χ1) is 10.0. The van der Waals surface area contributed by atoms with Crippen LogP contribution in [-0.4, -0.2) is 16.0 Å². The van der Waals surface area contributed by atoms with E-state index in [0.29, 0.717) is 0 Å². The van der Waals surface area contributed by atoms with Gasteiger partial charge >= 0.3 is 11.7 Å². The summed E-state index contributed by atoms with van der Waals surface area (Å²) in [5.74, 6) is -1.42. The van der Waals surface area contributed by atoms with Crippen molar-refractivity contribution in [1.82, 2.24) is 0 Å². The van der Waals surface area contributed by atoms with Gasteiger partial charge in [-0.25, -0.2) is 4.79 Å². The van der Waals surface area contributed by atoms with Gasteiger partial charge in [-0.1, -0.05) is 36.4 Å². The molecule has 2 aromatic rings. The molecule has 1 N–H and O–H groups in total. The molecule has 0 saturated heterocycles. The highest BCUT2D eigenvalue weighted by molar-refractivity contribution is 5.93. The number of carboxylic acids is 1. The Kier molecular flexibility index (Phi) is 4.18. The van der Waals surface area contributed by atoms with Crippen molar-refractivity contribution in [1.29, 1.82) is 0 Å². The fourth-order valence-corrected chi connectivity index (χ4v) is 1.96. The number of hydrogen-bond acceptors (Lipinski definition) is 4. The van der Waals surface area contributed by atoms with Crippen LogP contribution in [0.1, 0.15) is 28.9 Å². The van der Waals surface area contributed by atoms with E-state index in [-0.39, 0.29) is 5.75 Å². The third kappa shape index (κ3) is 3.17. The molecule has 1 unspecified atom stereocenters. The van der Waals surface area contributed by atoms with E-state index in [1.807, 2.05) is 30.3 Å². The van der Waals surface area contributed by atoms with Gasteiger partial charge in [-0.3, -0.25) is 10.1 Å². The molecule has 0 radical (unpaired) electrons. The van der Waals surface area contributed by atoms with Crippen LogP contribution in [0, 0.1) is 10.1 Å². The van der Waals surface area contributed by atoms with Crippen molar-refractivity contribution in [3.8, 4) is 5.75 Å². The number of nitrogens with zero attached hydrogens (tertiary/aromatic N) is 1. The summed E-state index contributed by atoms with van der Waals surface area (Å²) in [5, 5.41) is 20.2. The van der Waals surface area contributed by atoms with Crippen LogP contribution in [0.5, 0.6) is 5.75 Å². The lowest BCUT2D eigenvalue weighted by Gasteiger charge is -2.15. The van der Waals surface area contributed by atoms with Gasteiger partial charge in [-0.05, 0) is 24.6 Å². The van der Waals surface area contributed by atoms with Crippen molar-refractivity contribution >= 4 is 11.7 Å². The Balaban J connectivity index is 2.38. The van der Waals surface area contributed by atoms with Crippen LogP contribution in [0.25, 0.3) is 0 Å². The molecule has 0 aromatic heterocycles. The Morgan fingerprint density at radius 2 is 1.86 bits per heavy atom. The van der Waals surface area contributed by atoms with Crippen molar-refractivity contribution in [2.75, 3.05) is 0 Å². The molecule has 2 aromatic carbocycles. The number of ether oxygens (including phenoxy) is 1. The van der Waals surface area contributed by atoms with Gasteiger partial charge in [-0.15, -0.1) is 0 Å². The number of carbonyl (C=O) groups is 1. The molecule has 0 fully saturated rings. The summed E-state index contributed by atoms with van der Waals surface area (Å²) in [5.41, 5.74) is -0.0851. The third-order valence-electron chi connectivity index (χ3n) is 2.98. The topological polar surface area (TPSA) is 89.7 Å². The minimum Gasteiger partial charge on any atom is -0.479 e. The van der Waals surface area contributed by atoms with Crippen LogP contribution in [0.15, 0.2) is 48.5 Å². The monoisotopic (exact) mass is 287 g/mol. The lowest BCUT2D eigenvalue weighted by atomic mass is 10.1. The summed E-state index contributed by atoms with van der Waals surface area (Å²) in [6.45, 7) is 1.74. The summed E-state index contributed by atoms with van der Waals surface area (Å²) < 4.78 is 5.58. The number of rotatable bonds is 5. The maximum absolute atomic E-state index is 11.1. The molecule has 0 amide bonds. The molecule has 0 bridgehead atoms. The van der Waals surface area contributed by atoms with Crippen LogP contribution in [0.4, 0.5) is 5.69 Å². The smallest absolute Gasteiger partial charge is 0.342 e. The van der Waals surface area contributed by atoms with E-state index in [1.54, 1.807) is 6.92 Å². The number of nitro groups is 1. The highest BCUT2D eigenvalue weighted by Gasteiger charge is 2.26. The molecule has 0 aliphatic heterocycles. The Morgan fingerprint density at radius 1 is 1.19 bits per heavy atom. The first-order valence-electron chi connectivity index (χ1n) is 6.23. The average Bonchev–Trinajstić information content (AvgIpc) is 2.47. The van der Waals surface area contributed by atoms with Gasteiger partial charge < -0.3 is 9.84 Å². The molecule has 6 heteroatoms. The summed E-state index contributed by atoms with van der Waals surface area (Å²) in [6.07, 6.45) is -0.436. The fourth-order valence-electron chi connectivity index (χ4n) is 1.96. The molecule has 0 spiro atoms. The molecule has 0 aliphatic carbocycles. The summed E-state index contributed by atoms with van der Waals surface area (Å²) >= 11 is 0. The summed E-state index contributed by atoms with van der Waals surface area (Å²) in [6, 6.07) is 13.2. The van der Waals surface area contributed by atoms with E-state index < -0.39 is 28.2 Å². The standard InChI is InChI=1S/C15H13NO5/c1-10(11-6-3-2-4-7-11)21-13-9-5-8-12(15(17)18)14(13)16(19)20/h2-10H,1H3,(H,17,18). The van der Waals surface area contributed by atoms with Gasteiger partial charge in [0.25, 0.3) is 0 Å². The third-order valence-corrected chi connectivity index (χ3v) is 2.98. The Labute approximate surface area is 120 Å². The highest BCUT2D eigenvalue weighted by atomic mass is 16.6. The van der Waals surface area contributed by atoms with Crippen LogP contribution in [0.2, 0.25) is 0 Å². The highest BCUT2D eigenvalue weighted by Crippen LogP contribution is 2.34. The van der Waals surface area contributed by atoms with E-state index >= 15 is 0 Å². The molecular formula is C15H13NO5. The average molecular weight is 287 g/mol. The van der Waals surface area contributed by atoms with E-state index in [1.165, 1.54) is 18.2 Å². The van der Waals surface area contributed by atoms with Crippen molar-refractivity contribution in [3.63, 3.8) is 0 Å². The number of benzene rings is 2. The molecule has 0 saturated carbocycles. The largest absolute Gasteiger partial charge is 0.479 e. The second kappa shape index (κ2) is 6.04. The van der Waals surface area contributed by atoms with E-state index in [0.717, 1.165) is 5.56 Å². The quantitative estimate of drug-likeness (QED) is 0.672. The number of hydrogen-bond donors (Lipinski definition) is 1. The molecule has 108 valence electrons. The van der Waals surface area contributed by atoms with Crippen molar-refractivity contribution in [2.24, 2.45) is 0 Å². The zero-order chi connectivity index (χ0) is 15.4. The maximum atomic E-state index is 11.1. The molecule has 0 aliphatic rings. The van der Waals surface area contributed by atoms with Crippen LogP contribution in [0.3, 0.4) is 0 Å². The van der Waals surface area contributed by atoms with E-state index in [2.05, 4.69) is 0 Å². The molecule has 2 rings (SSSR count). The lowest BCUT2D eigenvalue weighted by Crippen LogP contribution is -2.08. The first-order valence-corrected chi connectivity index (χ1v) is 6.23. The molecule has 0 heterocycles. The molecule has 21 heavy (non-hydrogen) atoms. The van der Waals surface area contributed by atoms with Gasteiger partial charge in [0.05, 0.1) is 4.92 Å².